The Morgan fingerprint density at radius 1 is 1.18 bits per heavy atom. The van der Waals surface area contributed by atoms with Crippen LogP contribution in [0.2, 0.25) is 0 Å². The fourth-order valence-electron chi connectivity index (χ4n) is 1.32. The average Bonchev–Trinajstić information content (AvgIpc) is 2.27. The van der Waals surface area contributed by atoms with Gasteiger partial charge < -0.3 is 10.2 Å². The van der Waals surface area contributed by atoms with Gasteiger partial charge in [0.25, 0.3) is 0 Å². The van der Waals surface area contributed by atoms with E-state index in [9.17, 15) is 9.59 Å². The third-order valence-corrected chi connectivity index (χ3v) is 2.75. The van der Waals surface area contributed by atoms with Gasteiger partial charge in [-0.05, 0) is 44.5 Å². The number of phenolic OH excluding ortho intramolecular Hbond substituents is 1. The minimum Gasteiger partial charge on any atom is -0.508 e. The first-order chi connectivity index (χ1) is 7.83. The third-order valence-electron chi connectivity index (χ3n) is 2.75. The molecule has 0 saturated heterocycles. The van der Waals surface area contributed by atoms with Crippen molar-refractivity contribution in [2.75, 3.05) is 0 Å². The Bertz CT molecular complexity index is 418. The zero-order valence-corrected chi connectivity index (χ0v) is 9.93. The van der Waals surface area contributed by atoms with Crippen LogP contribution in [0.25, 0.3) is 0 Å². The topological polar surface area (TPSA) is 74.6 Å². The summed E-state index contributed by atoms with van der Waals surface area (Å²) in [6, 6.07) is 5.95. The molecule has 0 amide bonds. The average molecular weight is 236 g/mol. The molecule has 4 heteroatoms. The minimum absolute atomic E-state index is 0.104. The second-order valence-corrected chi connectivity index (χ2v) is 4.66. The quantitative estimate of drug-likeness (QED) is 0.770. The Kier molecular flexibility index (Phi) is 3.89. The first-order valence-corrected chi connectivity index (χ1v) is 5.38. The van der Waals surface area contributed by atoms with Gasteiger partial charge in [-0.15, -0.1) is 0 Å². The Labute approximate surface area is 99.9 Å². The monoisotopic (exact) mass is 236 g/mol. The second-order valence-electron chi connectivity index (χ2n) is 4.66. The van der Waals surface area contributed by atoms with Gasteiger partial charge in [0.05, 0.1) is 5.41 Å². The van der Waals surface area contributed by atoms with Crippen LogP contribution >= 0.6 is 0 Å². The highest BCUT2D eigenvalue weighted by Gasteiger charge is 2.27. The Morgan fingerprint density at radius 2 is 1.71 bits per heavy atom. The highest BCUT2D eigenvalue weighted by molar-refractivity contribution is 5.96. The summed E-state index contributed by atoms with van der Waals surface area (Å²) in [5, 5.41) is 18.0. The van der Waals surface area contributed by atoms with Gasteiger partial charge >= 0.3 is 5.97 Å². The van der Waals surface area contributed by atoms with E-state index in [1.807, 2.05) is 0 Å². The van der Waals surface area contributed by atoms with Crippen LogP contribution in [0.4, 0.5) is 0 Å². The van der Waals surface area contributed by atoms with E-state index in [0.29, 0.717) is 12.0 Å². The molecule has 4 nitrogen and oxygen atoms in total. The molecule has 0 aromatic heterocycles. The maximum absolute atomic E-state index is 11.8. The lowest BCUT2D eigenvalue weighted by molar-refractivity contribution is -0.147. The highest BCUT2D eigenvalue weighted by atomic mass is 16.4. The fraction of sp³-hybridized carbons (Fsp3) is 0.385. The molecular weight excluding hydrogens is 220 g/mol. The lowest BCUT2D eigenvalue weighted by atomic mass is 9.86. The molecule has 0 fully saturated rings. The number of rotatable bonds is 5. The number of aliphatic carboxylic acids is 1. The van der Waals surface area contributed by atoms with E-state index in [0.717, 1.165) is 0 Å². The SMILES string of the molecule is CC(C)(CCC(=O)c1ccc(O)cc1)C(=O)O. The molecule has 1 rings (SSSR count). The van der Waals surface area contributed by atoms with E-state index in [1.165, 1.54) is 24.3 Å². The van der Waals surface area contributed by atoms with Gasteiger partial charge in [-0.25, -0.2) is 0 Å². The molecule has 0 atom stereocenters. The summed E-state index contributed by atoms with van der Waals surface area (Å²) in [6.45, 7) is 3.19. The highest BCUT2D eigenvalue weighted by Crippen LogP contribution is 2.24. The molecule has 2 N–H and O–H groups in total. The summed E-state index contributed by atoms with van der Waals surface area (Å²) in [6.07, 6.45) is 0.478. The number of benzene rings is 1. The van der Waals surface area contributed by atoms with Crippen molar-refractivity contribution in [3.8, 4) is 5.75 Å². The van der Waals surface area contributed by atoms with E-state index in [1.54, 1.807) is 13.8 Å². The predicted octanol–water partition coefficient (Wildman–Crippen LogP) is 2.47. The van der Waals surface area contributed by atoms with E-state index >= 15 is 0 Å². The van der Waals surface area contributed by atoms with E-state index in [-0.39, 0.29) is 18.0 Å². The van der Waals surface area contributed by atoms with Crippen molar-refractivity contribution in [1.29, 1.82) is 0 Å². The van der Waals surface area contributed by atoms with Gasteiger partial charge in [0, 0.05) is 12.0 Å². The van der Waals surface area contributed by atoms with Crippen LogP contribution in [0.1, 0.15) is 37.0 Å². The van der Waals surface area contributed by atoms with Gasteiger partial charge in [0.1, 0.15) is 5.75 Å². The summed E-state index contributed by atoms with van der Waals surface area (Å²) in [7, 11) is 0. The van der Waals surface area contributed by atoms with Crippen LogP contribution < -0.4 is 0 Å². The van der Waals surface area contributed by atoms with Crippen LogP contribution in [0.15, 0.2) is 24.3 Å². The van der Waals surface area contributed by atoms with Gasteiger partial charge in [-0.3, -0.25) is 9.59 Å². The number of hydrogen-bond donors (Lipinski definition) is 2. The molecule has 17 heavy (non-hydrogen) atoms. The number of phenols is 1. The van der Waals surface area contributed by atoms with Crippen molar-refractivity contribution >= 4 is 11.8 Å². The van der Waals surface area contributed by atoms with Crippen molar-refractivity contribution in [2.45, 2.75) is 26.7 Å². The number of carbonyl (C=O) groups is 2. The van der Waals surface area contributed by atoms with E-state index in [4.69, 9.17) is 10.2 Å². The molecule has 1 aromatic rings. The van der Waals surface area contributed by atoms with Crippen LogP contribution in [-0.2, 0) is 4.79 Å². The summed E-state index contributed by atoms with van der Waals surface area (Å²) >= 11 is 0. The number of ketones is 1. The Morgan fingerprint density at radius 3 is 2.18 bits per heavy atom. The lowest BCUT2D eigenvalue weighted by Crippen LogP contribution is -2.24. The van der Waals surface area contributed by atoms with Crippen molar-refractivity contribution < 1.29 is 19.8 Å². The number of carbonyl (C=O) groups excluding carboxylic acids is 1. The lowest BCUT2D eigenvalue weighted by Gasteiger charge is -2.18. The Balaban J connectivity index is 2.62. The summed E-state index contributed by atoms with van der Waals surface area (Å²) < 4.78 is 0. The predicted molar refractivity (Wildman–Crippen MR) is 63.1 cm³/mol. The molecule has 0 heterocycles. The molecule has 92 valence electrons. The van der Waals surface area contributed by atoms with E-state index < -0.39 is 11.4 Å². The van der Waals surface area contributed by atoms with Crippen molar-refractivity contribution in [2.24, 2.45) is 5.41 Å². The fourth-order valence-corrected chi connectivity index (χ4v) is 1.32. The summed E-state index contributed by atoms with van der Waals surface area (Å²) in [5.74, 6) is -0.914. The van der Waals surface area contributed by atoms with Gasteiger partial charge in [-0.2, -0.15) is 0 Å². The van der Waals surface area contributed by atoms with Crippen molar-refractivity contribution in [3.63, 3.8) is 0 Å². The third kappa shape index (κ3) is 3.59. The molecule has 0 unspecified atom stereocenters. The molecule has 0 aliphatic carbocycles. The molecule has 0 radical (unpaired) electrons. The van der Waals surface area contributed by atoms with E-state index in [2.05, 4.69) is 0 Å². The Hall–Kier alpha value is -1.84. The molecule has 0 aliphatic heterocycles. The number of carboxylic acid groups (broad SMARTS) is 1. The molecule has 0 aliphatic rings. The molecular formula is C13H16O4. The standard InChI is InChI=1S/C13H16O4/c1-13(2,12(16)17)8-7-11(15)9-3-5-10(14)6-4-9/h3-6,14H,7-8H2,1-2H3,(H,16,17). The second kappa shape index (κ2) is 4.99. The largest absolute Gasteiger partial charge is 0.508 e. The number of Topliss-reactive ketones (excluding diaryl/α,β-unsaturated/α-hetero) is 1. The van der Waals surface area contributed by atoms with Crippen molar-refractivity contribution in [3.05, 3.63) is 29.8 Å². The van der Waals surface area contributed by atoms with Crippen LogP contribution in [-0.4, -0.2) is 22.0 Å². The van der Waals surface area contributed by atoms with Gasteiger partial charge in [0.15, 0.2) is 5.78 Å². The maximum Gasteiger partial charge on any atom is 0.309 e. The first-order valence-electron chi connectivity index (χ1n) is 5.38. The normalized spacial score (nSPS) is 11.2. The molecule has 0 spiro atoms. The maximum atomic E-state index is 11.8. The molecule has 0 saturated carbocycles. The van der Waals surface area contributed by atoms with Gasteiger partial charge in [-0.1, -0.05) is 0 Å². The zero-order chi connectivity index (χ0) is 13.1. The molecule has 0 bridgehead atoms. The van der Waals surface area contributed by atoms with Crippen LogP contribution in [0.5, 0.6) is 5.75 Å². The zero-order valence-electron chi connectivity index (χ0n) is 9.93. The first kappa shape index (κ1) is 13.2. The smallest absolute Gasteiger partial charge is 0.309 e. The van der Waals surface area contributed by atoms with Crippen molar-refractivity contribution in [1.82, 2.24) is 0 Å². The number of carboxylic acids is 1. The summed E-state index contributed by atoms with van der Waals surface area (Å²) in [4.78, 5) is 22.6. The summed E-state index contributed by atoms with van der Waals surface area (Å²) in [5.41, 5.74) is -0.406. The number of aromatic hydroxyl groups is 1. The van der Waals surface area contributed by atoms with Gasteiger partial charge in [0.2, 0.25) is 0 Å². The molecule has 1 aromatic carbocycles. The van der Waals surface area contributed by atoms with Crippen LogP contribution in [0.3, 0.4) is 0 Å². The minimum atomic E-state index is -0.906. The van der Waals surface area contributed by atoms with Crippen LogP contribution in [0, 0.1) is 5.41 Å². The number of hydrogen-bond acceptors (Lipinski definition) is 3.